The third-order valence-electron chi connectivity index (χ3n) is 4.02. The third-order valence-corrected chi connectivity index (χ3v) is 4.02. The number of piperazine rings is 1. The number of carbonyl (C=O) groups excluding carboxylic acids is 2. The van der Waals surface area contributed by atoms with Crippen molar-refractivity contribution in [1.29, 1.82) is 0 Å². The molecule has 6 nitrogen and oxygen atoms in total. The van der Waals surface area contributed by atoms with Gasteiger partial charge in [-0.25, -0.2) is 4.39 Å². The van der Waals surface area contributed by atoms with Gasteiger partial charge in [0.2, 0.25) is 5.91 Å². The van der Waals surface area contributed by atoms with E-state index in [0.29, 0.717) is 37.6 Å². The van der Waals surface area contributed by atoms with Crippen LogP contribution in [0.25, 0.3) is 0 Å². The van der Waals surface area contributed by atoms with Gasteiger partial charge in [-0.3, -0.25) is 19.5 Å². The summed E-state index contributed by atoms with van der Waals surface area (Å²) in [4.78, 5) is 32.2. The van der Waals surface area contributed by atoms with Crippen LogP contribution in [0.5, 0.6) is 0 Å². The number of amides is 2. The van der Waals surface area contributed by atoms with Crippen LogP contribution in [0.4, 0.5) is 10.1 Å². The van der Waals surface area contributed by atoms with E-state index in [0.717, 1.165) is 0 Å². The van der Waals surface area contributed by atoms with Crippen LogP contribution in [-0.2, 0) is 4.79 Å². The molecule has 0 atom stereocenters. The Hall–Kier alpha value is -2.80. The highest BCUT2D eigenvalue weighted by Gasteiger charge is 2.23. The van der Waals surface area contributed by atoms with Gasteiger partial charge in [0.25, 0.3) is 5.91 Å². The lowest BCUT2D eigenvalue weighted by Crippen LogP contribution is -2.50. The number of nitrogens with zero attached hydrogens (tertiary/aromatic N) is 3. The standard InChI is InChI=1S/C18H19FN4O2/c19-14-4-3-5-15(12-14)21-17(24)13-22-8-10-23(11-9-22)18(25)16-6-1-2-7-20-16/h1-7,12H,8-11,13H2,(H,21,24). The van der Waals surface area contributed by atoms with Gasteiger partial charge in [-0.05, 0) is 30.3 Å². The molecule has 0 aliphatic carbocycles. The molecule has 1 saturated heterocycles. The second kappa shape index (κ2) is 7.85. The fourth-order valence-corrected chi connectivity index (χ4v) is 2.73. The molecule has 3 rings (SSSR count). The Morgan fingerprint density at radius 2 is 1.88 bits per heavy atom. The second-order valence-electron chi connectivity index (χ2n) is 5.84. The first-order valence-corrected chi connectivity index (χ1v) is 8.10. The predicted octanol–water partition coefficient (Wildman–Crippen LogP) is 1.62. The van der Waals surface area contributed by atoms with Crippen LogP contribution in [0.2, 0.25) is 0 Å². The Morgan fingerprint density at radius 3 is 2.56 bits per heavy atom. The lowest BCUT2D eigenvalue weighted by Gasteiger charge is -2.34. The first-order chi connectivity index (χ1) is 12.1. The van der Waals surface area contributed by atoms with Gasteiger partial charge in [-0.2, -0.15) is 0 Å². The van der Waals surface area contributed by atoms with Crippen molar-refractivity contribution >= 4 is 17.5 Å². The molecule has 1 aliphatic rings. The highest BCUT2D eigenvalue weighted by Crippen LogP contribution is 2.10. The molecule has 0 radical (unpaired) electrons. The Kier molecular flexibility index (Phi) is 5.35. The average molecular weight is 342 g/mol. The van der Waals surface area contributed by atoms with Crippen LogP contribution in [0, 0.1) is 5.82 Å². The van der Waals surface area contributed by atoms with Crippen molar-refractivity contribution in [3.63, 3.8) is 0 Å². The minimum atomic E-state index is -0.389. The van der Waals surface area contributed by atoms with Gasteiger partial charge in [0.1, 0.15) is 11.5 Å². The minimum Gasteiger partial charge on any atom is -0.335 e. The summed E-state index contributed by atoms with van der Waals surface area (Å²) in [6.07, 6.45) is 1.60. The monoisotopic (exact) mass is 342 g/mol. The molecule has 0 saturated carbocycles. The first-order valence-electron chi connectivity index (χ1n) is 8.10. The number of hydrogen-bond acceptors (Lipinski definition) is 4. The number of aromatic nitrogens is 1. The lowest BCUT2D eigenvalue weighted by molar-refractivity contribution is -0.117. The Bertz CT molecular complexity index is 746. The fraction of sp³-hybridized carbons (Fsp3) is 0.278. The number of anilines is 1. The zero-order valence-corrected chi connectivity index (χ0v) is 13.7. The van der Waals surface area contributed by atoms with Gasteiger partial charge >= 0.3 is 0 Å². The Balaban J connectivity index is 1.47. The molecular formula is C18H19FN4O2. The first kappa shape index (κ1) is 17.0. The number of hydrogen-bond donors (Lipinski definition) is 1. The van der Waals surface area contributed by atoms with Gasteiger partial charge in [-0.1, -0.05) is 12.1 Å². The molecule has 1 N–H and O–H groups in total. The normalized spacial score (nSPS) is 15.0. The van der Waals surface area contributed by atoms with Crippen LogP contribution in [0.15, 0.2) is 48.7 Å². The summed E-state index contributed by atoms with van der Waals surface area (Å²) in [6, 6.07) is 11.0. The topological polar surface area (TPSA) is 65.5 Å². The molecule has 1 fully saturated rings. The zero-order valence-electron chi connectivity index (χ0n) is 13.7. The van der Waals surface area contributed by atoms with E-state index in [2.05, 4.69) is 10.3 Å². The highest BCUT2D eigenvalue weighted by molar-refractivity contribution is 5.93. The van der Waals surface area contributed by atoms with Crippen molar-refractivity contribution in [2.45, 2.75) is 0 Å². The number of carbonyl (C=O) groups is 2. The van der Waals surface area contributed by atoms with E-state index >= 15 is 0 Å². The number of benzene rings is 1. The molecular weight excluding hydrogens is 323 g/mol. The number of pyridine rings is 1. The maximum atomic E-state index is 13.1. The van der Waals surface area contributed by atoms with E-state index in [9.17, 15) is 14.0 Å². The molecule has 2 aromatic rings. The van der Waals surface area contributed by atoms with Crippen molar-refractivity contribution in [2.24, 2.45) is 0 Å². The van der Waals surface area contributed by atoms with Gasteiger partial charge in [0.05, 0.1) is 6.54 Å². The SMILES string of the molecule is O=C(CN1CCN(C(=O)c2ccccn2)CC1)Nc1cccc(F)c1. The summed E-state index contributed by atoms with van der Waals surface area (Å²) in [5, 5.41) is 2.68. The maximum absolute atomic E-state index is 13.1. The Labute approximate surface area is 145 Å². The predicted molar refractivity (Wildman–Crippen MR) is 91.6 cm³/mol. The average Bonchev–Trinajstić information content (AvgIpc) is 2.62. The van der Waals surface area contributed by atoms with Crippen LogP contribution >= 0.6 is 0 Å². The van der Waals surface area contributed by atoms with Gasteiger partial charge in [-0.15, -0.1) is 0 Å². The minimum absolute atomic E-state index is 0.0931. The van der Waals surface area contributed by atoms with E-state index in [1.54, 1.807) is 41.4 Å². The number of rotatable bonds is 4. The van der Waals surface area contributed by atoms with Crippen LogP contribution in [-0.4, -0.2) is 59.3 Å². The van der Waals surface area contributed by atoms with Crippen molar-refractivity contribution in [3.05, 3.63) is 60.2 Å². The van der Waals surface area contributed by atoms with Crippen molar-refractivity contribution < 1.29 is 14.0 Å². The third kappa shape index (κ3) is 4.60. The molecule has 2 amide bonds. The molecule has 25 heavy (non-hydrogen) atoms. The largest absolute Gasteiger partial charge is 0.335 e. The molecule has 7 heteroatoms. The second-order valence-corrected chi connectivity index (χ2v) is 5.84. The molecule has 1 aromatic carbocycles. The molecule has 1 aliphatic heterocycles. The summed E-state index contributed by atoms with van der Waals surface area (Å²) < 4.78 is 13.1. The van der Waals surface area contributed by atoms with E-state index in [1.165, 1.54) is 12.1 Å². The number of nitrogens with one attached hydrogen (secondary N) is 1. The van der Waals surface area contributed by atoms with Crippen molar-refractivity contribution in [2.75, 3.05) is 38.0 Å². The van der Waals surface area contributed by atoms with Gasteiger partial charge < -0.3 is 10.2 Å². The van der Waals surface area contributed by atoms with E-state index < -0.39 is 0 Å². The summed E-state index contributed by atoms with van der Waals surface area (Å²) >= 11 is 0. The maximum Gasteiger partial charge on any atom is 0.272 e. The van der Waals surface area contributed by atoms with Crippen molar-refractivity contribution in [3.8, 4) is 0 Å². The van der Waals surface area contributed by atoms with Crippen LogP contribution in [0.1, 0.15) is 10.5 Å². The summed E-state index contributed by atoms with van der Waals surface area (Å²) in [7, 11) is 0. The van der Waals surface area contributed by atoms with Crippen LogP contribution in [0.3, 0.4) is 0 Å². The van der Waals surface area contributed by atoms with Gasteiger partial charge in [0.15, 0.2) is 0 Å². The molecule has 130 valence electrons. The van der Waals surface area contributed by atoms with Gasteiger partial charge in [0, 0.05) is 38.1 Å². The molecule has 2 heterocycles. The fourth-order valence-electron chi connectivity index (χ4n) is 2.73. The molecule has 1 aromatic heterocycles. The molecule has 0 unspecified atom stereocenters. The highest BCUT2D eigenvalue weighted by atomic mass is 19.1. The lowest BCUT2D eigenvalue weighted by atomic mass is 10.2. The molecule has 0 bridgehead atoms. The van der Waals surface area contributed by atoms with E-state index in [1.807, 2.05) is 4.90 Å². The summed E-state index contributed by atoms with van der Waals surface area (Å²) in [5.74, 6) is -0.681. The smallest absolute Gasteiger partial charge is 0.272 e. The van der Waals surface area contributed by atoms with Crippen LogP contribution < -0.4 is 5.32 Å². The summed E-state index contributed by atoms with van der Waals surface area (Å²) in [6.45, 7) is 2.51. The Morgan fingerprint density at radius 1 is 1.08 bits per heavy atom. The van der Waals surface area contributed by atoms with E-state index in [4.69, 9.17) is 0 Å². The zero-order chi connectivity index (χ0) is 17.6. The van der Waals surface area contributed by atoms with E-state index in [-0.39, 0.29) is 24.2 Å². The quantitative estimate of drug-likeness (QED) is 0.917. The molecule has 0 spiro atoms. The number of halogens is 1. The summed E-state index contributed by atoms with van der Waals surface area (Å²) in [5.41, 5.74) is 0.869. The van der Waals surface area contributed by atoms with Crippen molar-refractivity contribution in [1.82, 2.24) is 14.8 Å².